The van der Waals surface area contributed by atoms with Crippen LogP contribution in [0.25, 0.3) is 21.5 Å². The van der Waals surface area contributed by atoms with Crippen molar-refractivity contribution in [1.82, 2.24) is 0 Å². The summed E-state index contributed by atoms with van der Waals surface area (Å²) < 4.78 is 0. The standard InChI is InChI=1S/2C9H7.2ClH.Cr/c2*1-2-5-9-7-3-6-8(9)4-1;;;/h2*1-7H;2*1H;/q2*-1;;;+4/p-2. The molecule has 4 rings (SSSR count). The molecule has 0 unspecified atom stereocenters. The minimum Gasteiger partial charge on any atom is -1.00 e. The Labute approximate surface area is 148 Å². The van der Waals surface area contributed by atoms with Gasteiger partial charge in [0, 0.05) is 0 Å². The SMILES string of the molecule is [Cl-].[Cl-].[Cr+4].c1ccc2[cH-]ccc2c1.c1ccc2[cH-]ccc2c1. The molecule has 0 saturated carbocycles. The third-order valence-electron chi connectivity index (χ3n) is 3.10. The first-order valence-electron chi connectivity index (χ1n) is 6.14. The second kappa shape index (κ2) is 9.66. The maximum absolute atomic E-state index is 2.12. The van der Waals surface area contributed by atoms with Gasteiger partial charge in [0.25, 0.3) is 0 Å². The van der Waals surface area contributed by atoms with E-state index in [-0.39, 0.29) is 42.2 Å². The largest absolute Gasteiger partial charge is 4.00 e. The molecule has 0 atom stereocenters. The van der Waals surface area contributed by atoms with Crippen molar-refractivity contribution in [2.24, 2.45) is 0 Å². The minimum absolute atomic E-state index is 0. The van der Waals surface area contributed by atoms with Crippen LogP contribution in [0, 0.1) is 0 Å². The molecule has 0 spiro atoms. The van der Waals surface area contributed by atoms with E-state index in [0.717, 1.165) is 0 Å². The second-order valence-electron chi connectivity index (χ2n) is 4.31. The van der Waals surface area contributed by atoms with E-state index in [1.807, 2.05) is 0 Å². The van der Waals surface area contributed by atoms with Crippen molar-refractivity contribution >= 4 is 21.5 Å². The van der Waals surface area contributed by atoms with Gasteiger partial charge in [-0.2, -0.15) is 35.0 Å². The first kappa shape index (κ1) is 19.8. The zero-order chi connectivity index (χ0) is 12.2. The molecular formula is C18H14Cl2Cr. The molecule has 0 bridgehead atoms. The zero-order valence-corrected chi connectivity index (χ0v) is 14.0. The Morgan fingerprint density at radius 3 is 1.29 bits per heavy atom. The van der Waals surface area contributed by atoms with Crippen molar-refractivity contribution in [2.75, 3.05) is 0 Å². The molecule has 21 heavy (non-hydrogen) atoms. The van der Waals surface area contributed by atoms with Crippen LogP contribution in [0.4, 0.5) is 0 Å². The molecule has 0 aliphatic heterocycles. The Morgan fingerprint density at radius 1 is 0.524 bits per heavy atom. The van der Waals surface area contributed by atoms with Gasteiger partial charge < -0.3 is 24.8 Å². The van der Waals surface area contributed by atoms with Crippen LogP contribution in [0.5, 0.6) is 0 Å². The Kier molecular flexibility index (Phi) is 9.10. The van der Waals surface area contributed by atoms with Crippen LogP contribution in [0.15, 0.2) is 84.9 Å². The average Bonchev–Trinajstić information content (AvgIpc) is 3.08. The first-order chi connectivity index (χ1) is 8.93. The fourth-order valence-corrected chi connectivity index (χ4v) is 2.14. The molecule has 0 saturated heterocycles. The molecule has 3 heteroatoms. The monoisotopic (exact) mass is 352 g/mol. The summed E-state index contributed by atoms with van der Waals surface area (Å²) in [6.07, 6.45) is 0. The number of rotatable bonds is 0. The molecule has 0 aromatic heterocycles. The number of halogens is 2. The molecule has 0 N–H and O–H groups in total. The van der Waals surface area contributed by atoms with Gasteiger partial charge in [-0.3, -0.25) is 0 Å². The van der Waals surface area contributed by atoms with E-state index in [2.05, 4.69) is 84.9 Å². The molecular weight excluding hydrogens is 339 g/mol. The van der Waals surface area contributed by atoms with Gasteiger partial charge in [0.15, 0.2) is 0 Å². The molecule has 0 amide bonds. The average molecular weight is 353 g/mol. The van der Waals surface area contributed by atoms with Gasteiger partial charge in [-0.05, 0) is 0 Å². The van der Waals surface area contributed by atoms with Crippen molar-refractivity contribution in [3.63, 3.8) is 0 Å². The summed E-state index contributed by atoms with van der Waals surface area (Å²) in [5, 5.41) is 5.32. The second-order valence-corrected chi connectivity index (χ2v) is 4.31. The number of hydrogen-bond donors (Lipinski definition) is 0. The Bertz CT molecular complexity index is 629. The quantitative estimate of drug-likeness (QED) is 0.361. The Balaban J connectivity index is 0.000000333. The van der Waals surface area contributed by atoms with Gasteiger partial charge in [0.1, 0.15) is 0 Å². The van der Waals surface area contributed by atoms with E-state index in [1.54, 1.807) is 0 Å². The van der Waals surface area contributed by atoms with Crippen LogP contribution in [-0.2, 0) is 17.4 Å². The van der Waals surface area contributed by atoms with Crippen LogP contribution in [0.2, 0.25) is 0 Å². The number of hydrogen-bond acceptors (Lipinski definition) is 0. The predicted molar refractivity (Wildman–Crippen MR) is 79.1 cm³/mol. The summed E-state index contributed by atoms with van der Waals surface area (Å²) in [7, 11) is 0. The molecule has 0 aliphatic rings. The third-order valence-corrected chi connectivity index (χ3v) is 3.10. The number of fused-ring (bicyclic) bond motifs is 2. The van der Waals surface area contributed by atoms with E-state index in [9.17, 15) is 0 Å². The predicted octanol–water partition coefficient (Wildman–Crippen LogP) is -0.877. The van der Waals surface area contributed by atoms with Crippen LogP contribution < -0.4 is 24.8 Å². The summed E-state index contributed by atoms with van der Waals surface area (Å²) in [6.45, 7) is 0. The topological polar surface area (TPSA) is 0 Å². The molecule has 0 fully saturated rings. The normalized spacial score (nSPS) is 8.76. The summed E-state index contributed by atoms with van der Waals surface area (Å²) in [5.41, 5.74) is 0. The smallest absolute Gasteiger partial charge is 1.00 e. The van der Waals surface area contributed by atoms with Crippen molar-refractivity contribution in [2.45, 2.75) is 0 Å². The van der Waals surface area contributed by atoms with E-state index in [4.69, 9.17) is 0 Å². The molecule has 106 valence electrons. The van der Waals surface area contributed by atoms with Gasteiger partial charge in [0.2, 0.25) is 0 Å². The summed E-state index contributed by atoms with van der Waals surface area (Å²) in [4.78, 5) is 0. The molecule has 4 aromatic carbocycles. The zero-order valence-electron chi connectivity index (χ0n) is 11.2. The fraction of sp³-hybridized carbons (Fsp3) is 0. The van der Waals surface area contributed by atoms with Crippen LogP contribution in [0.3, 0.4) is 0 Å². The van der Waals surface area contributed by atoms with Crippen molar-refractivity contribution in [3.8, 4) is 0 Å². The molecule has 0 heterocycles. The maximum Gasteiger partial charge on any atom is 4.00 e. The Hall–Kier alpha value is -1.23. The van der Waals surface area contributed by atoms with E-state index < -0.39 is 0 Å². The van der Waals surface area contributed by atoms with E-state index in [1.165, 1.54) is 21.5 Å². The van der Waals surface area contributed by atoms with Gasteiger partial charge in [0.05, 0.1) is 0 Å². The number of benzene rings is 2. The van der Waals surface area contributed by atoms with Gasteiger partial charge >= 0.3 is 17.4 Å². The van der Waals surface area contributed by atoms with E-state index >= 15 is 0 Å². The van der Waals surface area contributed by atoms with Crippen molar-refractivity contribution in [1.29, 1.82) is 0 Å². The summed E-state index contributed by atoms with van der Waals surface area (Å²) in [5.74, 6) is 0. The van der Waals surface area contributed by atoms with Gasteiger partial charge in [-0.15, -0.1) is 59.3 Å². The minimum atomic E-state index is 0. The summed E-state index contributed by atoms with van der Waals surface area (Å²) >= 11 is 0. The van der Waals surface area contributed by atoms with Gasteiger partial charge in [-0.25, -0.2) is 0 Å². The summed E-state index contributed by atoms with van der Waals surface area (Å²) in [6, 6.07) is 29.3. The van der Waals surface area contributed by atoms with Crippen LogP contribution >= 0.6 is 0 Å². The van der Waals surface area contributed by atoms with E-state index in [0.29, 0.717) is 0 Å². The molecule has 4 aromatic rings. The first-order valence-corrected chi connectivity index (χ1v) is 6.14. The third kappa shape index (κ3) is 4.92. The van der Waals surface area contributed by atoms with Crippen LogP contribution in [0.1, 0.15) is 0 Å². The van der Waals surface area contributed by atoms with Crippen molar-refractivity contribution in [3.05, 3.63) is 84.9 Å². The molecule has 0 nitrogen and oxygen atoms in total. The molecule has 0 aliphatic carbocycles. The van der Waals surface area contributed by atoms with Crippen molar-refractivity contribution < 1.29 is 42.2 Å². The Morgan fingerprint density at radius 2 is 0.905 bits per heavy atom. The fourth-order valence-electron chi connectivity index (χ4n) is 2.14. The van der Waals surface area contributed by atoms with Crippen LogP contribution in [-0.4, -0.2) is 0 Å². The molecule has 0 radical (unpaired) electrons. The maximum atomic E-state index is 2.12. The van der Waals surface area contributed by atoms with Gasteiger partial charge in [-0.1, -0.05) is 12.1 Å².